The maximum atomic E-state index is 13.1. The SMILES string of the molecule is N#C/C(=C\c1ccc2ccccc2c1)C(=O)N1CCn2c1nc1ccccc12. The molecule has 0 N–H and O–H groups in total. The highest BCUT2D eigenvalue weighted by molar-refractivity contribution is 6.11. The molecular formula is C23H16N4O. The van der Waals surface area contributed by atoms with E-state index in [9.17, 15) is 10.1 Å². The van der Waals surface area contributed by atoms with Gasteiger partial charge in [-0.25, -0.2) is 4.98 Å². The topological polar surface area (TPSA) is 61.9 Å². The van der Waals surface area contributed by atoms with Crippen molar-refractivity contribution in [2.24, 2.45) is 0 Å². The first-order valence-electron chi connectivity index (χ1n) is 9.12. The molecule has 0 bridgehead atoms. The van der Waals surface area contributed by atoms with E-state index in [4.69, 9.17) is 0 Å². The summed E-state index contributed by atoms with van der Waals surface area (Å²) in [7, 11) is 0. The van der Waals surface area contributed by atoms with Gasteiger partial charge in [0.05, 0.1) is 11.0 Å². The summed E-state index contributed by atoms with van der Waals surface area (Å²) in [5.74, 6) is 0.288. The molecule has 1 aliphatic rings. The lowest BCUT2D eigenvalue weighted by molar-refractivity contribution is -0.114. The van der Waals surface area contributed by atoms with Crippen molar-refractivity contribution in [1.29, 1.82) is 5.26 Å². The number of rotatable bonds is 2. The first kappa shape index (κ1) is 16.3. The highest BCUT2D eigenvalue weighted by atomic mass is 16.2. The second kappa shape index (κ2) is 6.36. The molecule has 5 rings (SSSR count). The molecule has 2 heterocycles. The Labute approximate surface area is 161 Å². The number of carbonyl (C=O) groups is 1. The average Bonchev–Trinajstić information content (AvgIpc) is 3.30. The van der Waals surface area contributed by atoms with Crippen LogP contribution in [0.1, 0.15) is 5.56 Å². The van der Waals surface area contributed by atoms with Crippen LogP contribution in [0.3, 0.4) is 0 Å². The molecule has 0 radical (unpaired) electrons. The zero-order chi connectivity index (χ0) is 19.1. The number of nitriles is 1. The van der Waals surface area contributed by atoms with Crippen molar-refractivity contribution >= 4 is 39.7 Å². The van der Waals surface area contributed by atoms with Crippen LogP contribution < -0.4 is 4.90 Å². The first-order valence-corrected chi connectivity index (χ1v) is 9.12. The predicted molar refractivity (Wildman–Crippen MR) is 110 cm³/mol. The molecule has 0 saturated heterocycles. The Kier molecular flexibility index (Phi) is 3.70. The number of amides is 1. The van der Waals surface area contributed by atoms with E-state index >= 15 is 0 Å². The first-order chi connectivity index (χ1) is 13.7. The summed E-state index contributed by atoms with van der Waals surface area (Å²) in [5, 5.41) is 11.8. The third kappa shape index (κ3) is 2.55. The second-order valence-electron chi connectivity index (χ2n) is 6.79. The quantitative estimate of drug-likeness (QED) is 0.397. The Morgan fingerprint density at radius 2 is 1.79 bits per heavy atom. The molecule has 4 aromatic rings. The van der Waals surface area contributed by atoms with Crippen molar-refractivity contribution in [3.8, 4) is 6.07 Å². The van der Waals surface area contributed by atoms with Crippen molar-refractivity contribution in [1.82, 2.24) is 9.55 Å². The van der Waals surface area contributed by atoms with E-state index in [0.29, 0.717) is 19.0 Å². The van der Waals surface area contributed by atoms with E-state index in [1.54, 1.807) is 11.0 Å². The number of hydrogen-bond donors (Lipinski definition) is 0. The largest absolute Gasteiger partial charge is 0.308 e. The fourth-order valence-corrected chi connectivity index (χ4v) is 3.73. The molecule has 0 unspecified atom stereocenters. The van der Waals surface area contributed by atoms with Crippen LogP contribution >= 0.6 is 0 Å². The molecule has 0 aliphatic carbocycles. The number of para-hydroxylation sites is 2. The highest BCUT2D eigenvalue weighted by Gasteiger charge is 2.30. The summed E-state index contributed by atoms with van der Waals surface area (Å²) in [6.07, 6.45) is 1.65. The minimum atomic E-state index is -0.315. The van der Waals surface area contributed by atoms with E-state index < -0.39 is 0 Å². The molecule has 1 aliphatic heterocycles. The van der Waals surface area contributed by atoms with E-state index in [0.717, 1.165) is 27.4 Å². The lowest BCUT2D eigenvalue weighted by Crippen LogP contribution is -2.30. The van der Waals surface area contributed by atoms with Gasteiger partial charge in [0.15, 0.2) is 0 Å². The molecule has 1 amide bonds. The van der Waals surface area contributed by atoms with E-state index in [1.807, 2.05) is 71.3 Å². The summed E-state index contributed by atoms with van der Waals surface area (Å²) in [5.41, 5.74) is 2.80. The number of benzene rings is 3. The fourth-order valence-electron chi connectivity index (χ4n) is 3.73. The maximum Gasteiger partial charge on any atom is 0.271 e. The molecule has 5 heteroatoms. The predicted octanol–water partition coefficient (Wildman–Crippen LogP) is 4.14. The van der Waals surface area contributed by atoms with Crippen molar-refractivity contribution in [3.63, 3.8) is 0 Å². The van der Waals surface area contributed by atoms with E-state index in [2.05, 4.69) is 11.1 Å². The van der Waals surface area contributed by atoms with E-state index in [-0.39, 0.29) is 11.5 Å². The van der Waals surface area contributed by atoms with Gasteiger partial charge in [-0.05, 0) is 40.6 Å². The van der Waals surface area contributed by atoms with Gasteiger partial charge in [0.1, 0.15) is 11.6 Å². The number of imidazole rings is 1. The maximum absolute atomic E-state index is 13.1. The average molecular weight is 364 g/mol. The van der Waals surface area contributed by atoms with Crippen molar-refractivity contribution in [2.75, 3.05) is 11.4 Å². The summed E-state index contributed by atoms with van der Waals surface area (Å²) in [6, 6.07) is 23.8. The minimum absolute atomic E-state index is 0.107. The zero-order valence-electron chi connectivity index (χ0n) is 15.0. The third-order valence-corrected chi connectivity index (χ3v) is 5.10. The van der Waals surface area contributed by atoms with Gasteiger partial charge >= 0.3 is 0 Å². The van der Waals surface area contributed by atoms with Gasteiger partial charge in [0.2, 0.25) is 5.95 Å². The smallest absolute Gasteiger partial charge is 0.271 e. The number of aromatic nitrogens is 2. The molecule has 28 heavy (non-hydrogen) atoms. The van der Waals surface area contributed by atoms with E-state index in [1.165, 1.54) is 0 Å². The van der Waals surface area contributed by atoms with Gasteiger partial charge in [-0.2, -0.15) is 5.26 Å². The summed E-state index contributed by atoms with van der Waals surface area (Å²) < 4.78 is 2.03. The van der Waals surface area contributed by atoms with Crippen molar-refractivity contribution < 1.29 is 4.79 Å². The molecule has 134 valence electrons. The Bertz CT molecular complexity index is 1310. The van der Waals surface area contributed by atoms with Crippen LogP contribution in [0.5, 0.6) is 0 Å². The molecule has 0 spiro atoms. The molecule has 0 saturated carbocycles. The summed E-state index contributed by atoms with van der Waals surface area (Å²) in [4.78, 5) is 19.3. The normalized spacial score (nSPS) is 13.7. The number of fused-ring (bicyclic) bond motifs is 4. The van der Waals surface area contributed by atoms with Gasteiger partial charge in [0.25, 0.3) is 5.91 Å². The third-order valence-electron chi connectivity index (χ3n) is 5.10. The lowest BCUT2D eigenvalue weighted by Gasteiger charge is -2.13. The van der Waals surface area contributed by atoms with Gasteiger partial charge in [-0.1, -0.05) is 48.5 Å². The number of nitrogens with zero attached hydrogens (tertiary/aromatic N) is 4. The molecular weight excluding hydrogens is 348 g/mol. The van der Waals surface area contributed by atoms with Crippen LogP contribution in [0, 0.1) is 11.3 Å². The molecule has 0 fully saturated rings. The van der Waals surface area contributed by atoms with Gasteiger partial charge < -0.3 is 4.57 Å². The van der Waals surface area contributed by atoms with Crippen LogP contribution in [0.15, 0.2) is 72.3 Å². The second-order valence-corrected chi connectivity index (χ2v) is 6.79. The monoisotopic (exact) mass is 364 g/mol. The number of anilines is 1. The Morgan fingerprint density at radius 1 is 1.00 bits per heavy atom. The molecule has 5 nitrogen and oxygen atoms in total. The minimum Gasteiger partial charge on any atom is -0.308 e. The summed E-state index contributed by atoms with van der Waals surface area (Å²) in [6.45, 7) is 1.19. The van der Waals surface area contributed by atoms with Crippen LogP contribution in [-0.4, -0.2) is 22.0 Å². The van der Waals surface area contributed by atoms with Crippen molar-refractivity contribution in [2.45, 2.75) is 6.54 Å². The van der Waals surface area contributed by atoms with Crippen LogP contribution in [0.2, 0.25) is 0 Å². The van der Waals surface area contributed by atoms with Crippen LogP contribution in [-0.2, 0) is 11.3 Å². The van der Waals surface area contributed by atoms with Gasteiger partial charge in [-0.3, -0.25) is 9.69 Å². The number of carbonyl (C=O) groups excluding carboxylic acids is 1. The molecule has 1 aromatic heterocycles. The van der Waals surface area contributed by atoms with Crippen LogP contribution in [0.25, 0.3) is 27.9 Å². The van der Waals surface area contributed by atoms with Crippen LogP contribution in [0.4, 0.5) is 5.95 Å². The lowest BCUT2D eigenvalue weighted by atomic mass is 10.0. The zero-order valence-corrected chi connectivity index (χ0v) is 15.0. The Balaban J connectivity index is 1.52. The Hall–Kier alpha value is -3.91. The Morgan fingerprint density at radius 3 is 2.64 bits per heavy atom. The standard InChI is InChI=1S/C23H16N4O/c24-15-19(14-16-9-10-17-5-1-2-6-18(17)13-16)22(28)27-12-11-26-21-8-4-3-7-20(21)25-23(26)27/h1-10,13-14H,11-12H2/b19-14+. The fraction of sp³-hybridized carbons (Fsp3) is 0.0870. The molecule has 0 atom stereocenters. The molecule has 3 aromatic carbocycles. The van der Waals surface area contributed by atoms with Gasteiger partial charge in [-0.15, -0.1) is 0 Å². The highest BCUT2D eigenvalue weighted by Crippen LogP contribution is 2.28. The summed E-state index contributed by atoms with van der Waals surface area (Å²) >= 11 is 0. The number of hydrogen-bond acceptors (Lipinski definition) is 3. The van der Waals surface area contributed by atoms with Crippen molar-refractivity contribution in [3.05, 3.63) is 77.9 Å². The van der Waals surface area contributed by atoms with Gasteiger partial charge in [0, 0.05) is 13.1 Å².